The Bertz CT molecular complexity index is 423. The van der Waals surface area contributed by atoms with E-state index in [2.05, 4.69) is 10.3 Å². The molecule has 1 amide bonds. The van der Waals surface area contributed by atoms with E-state index in [4.69, 9.17) is 0 Å². The van der Waals surface area contributed by atoms with Gasteiger partial charge in [-0.1, -0.05) is 0 Å². The number of pyridine rings is 1. The highest BCUT2D eigenvalue weighted by Gasteiger charge is 2.25. The van der Waals surface area contributed by atoms with E-state index in [0.29, 0.717) is 18.7 Å². The minimum Gasteiger partial charge on any atom is -0.335 e. The van der Waals surface area contributed by atoms with Crippen molar-refractivity contribution in [3.8, 4) is 0 Å². The summed E-state index contributed by atoms with van der Waals surface area (Å²) in [5.74, 6) is -0.635. The molecule has 1 N–H and O–H groups in total. The van der Waals surface area contributed by atoms with Crippen LogP contribution in [-0.2, 0) is 0 Å². The van der Waals surface area contributed by atoms with E-state index in [9.17, 15) is 9.18 Å². The topological polar surface area (TPSA) is 45.2 Å². The lowest BCUT2D eigenvalue weighted by molar-refractivity contribution is 0.0673. The quantitative estimate of drug-likeness (QED) is 0.861. The molecule has 1 aromatic heterocycles. The Morgan fingerprint density at radius 3 is 2.42 bits per heavy atom. The summed E-state index contributed by atoms with van der Waals surface area (Å²) in [6, 6.07) is 1.74. The standard InChI is InChI=1S/C12H16FN3O.2ClH/c1-8-6-16(7-9(2)15-8)12(17)10-3-11(13)5-14-4-10;;/h3-5,8-9,15H,6-7H2,1-2H3;2*1H. The van der Waals surface area contributed by atoms with Crippen LogP contribution in [-0.4, -0.2) is 41.0 Å². The van der Waals surface area contributed by atoms with Gasteiger partial charge in [0.25, 0.3) is 5.91 Å². The van der Waals surface area contributed by atoms with Crippen LogP contribution >= 0.6 is 24.8 Å². The zero-order valence-corrected chi connectivity index (χ0v) is 12.4. The first kappa shape index (κ1) is 18.1. The van der Waals surface area contributed by atoms with Gasteiger partial charge in [0.05, 0.1) is 11.8 Å². The summed E-state index contributed by atoms with van der Waals surface area (Å²) in [5.41, 5.74) is 0.311. The average Bonchev–Trinajstić information content (AvgIpc) is 2.26. The van der Waals surface area contributed by atoms with Gasteiger partial charge in [-0.05, 0) is 19.9 Å². The number of carbonyl (C=O) groups is 1. The first-order valence-corrected chi connectivity index (χ1v) is 5.72. The van der Waals surface area contributed by atoms with Crippen LogP contribution in [0.15, 0.2) is 18.5 Å². The first-order valence-electron chi connectivity index (χ1n) is 5.72. The van der Waals surface area contributed by atoms with E-state index in [-0.39, 0.29) is 42.8 Å². The summed E-state index contributed by atoms with van der Waals surface area (Å²) < 4.78 is 13.0. The SMILES string of the molecule is CC1CN(C(=O)c2cncc(F)c2)CC(C)N1.Cl.Cl. The predicted molar refractivity (Wildman–Crippen MR) is 76.7 cm³/mol. The second-order valence-electron chi connectivity index (χ2n) is 4.57. The van der Waals surface area contributed by atoms with Gasteiger partial charge in [0.2, 0.25) is 0 Å². The molecule has 1 aromatic rings. The number of amides is 1. The monoisotopic (exact) mass is 309 g/mol. The van der Waals surface area contributed by atoms with Crippen LogP contribution in [0, 0.1) is 5.82 Å². The molecule has 2 rings (SSSR count). The number of aromatic nitrogens is 1. The highest BCUT2D eigenvalue weighted by atomic mass is 35.5. The fourth-order valence-electron chi connectivity index (χ4n) is 2.20. The molecule has 0 bridgehead atoms. The van der Waals surface area contributed by atoms with E-state index in [1.165, 1.54) is 12.3 Å². The lowest BCUT2D eigenvalue weighted by Gasteiger charge is -2.36. The van der Waals surface area contributed by atoms with Gasteiger partial charge in [0.15, 0.2) is 0 Å². The molecule has 1 aliphatic rings. The van der Waals surface area contributed by atoms with Crippen LogP contribution in [0.4, 0.5) is 4.39 Å². The summed E-state index contributed by atoms with van der Waals surface area (Å²) in [6.07, 6.45) is 2.50. The molecule has 2 unspecified atom stereocenters. The summed E-state index contributed by atoms with van der Waals surface area (Å²) >= 11 is 0. The summed E-state index contributed by atoms with van der Waals surface area (Å²) in [6.45, 7) is 5.33. The molecule has 7 heteroatoms. The van der Waals surface area contributed by atoms with Gasteiger partial charge in [0, 0.05) is 31.4 Å². The number of piperazine rings is 1. The molecular weight excluding hydrogens is 292 g/mol. The second-order valence-corrected chi connectivity index (χ2v) is 4.57. The number of halogens is 3. The van der Waals surface area contributed by atoms with Crippen molar-refractivity contribution in [2.45, 2.75) is 25.9 Å². The van der Waals surface area contributed by atoms with Gasteiger partial charge < -0.3 is 10.2 Å². The van der Waals surface area contributed by atoms with Gasteiger partial charge in [-0.3, -0.25) is 9.78 Å². The Morgan fingerprint density at radius 1 is 1.32 bits per heavy atom. The molecular formula is C12H18Cl2FN3O. The van der Waals surface area contributed by atoms with Crippen molar-refractivity contribution in [3.63, 3.8) is 0 Å². The molecule has 0 aliphatic carbocycles. The minimum absolute atomic E-state index is 0. The highest BCUT2D eigenvalue weighted by molar-refractivity contribution is 5.94. The van der Waals surface area contributed by atoms with E-state index in [0.717, 1.165) is 6.20 Å². The Balaban J connectivity index is 0.00000162. The van der Waals surface area contributed by atoms with Crippen LogP contribution in [0.25, 0.3) is 0 Å². The molecule has 2 heterocycles. The molecule has 19 heavy (non-hydrogen) atoms. The second kappa shape index (κ2) is 7.62. The predicted octanol–water partition coefficient (Wildman–Crippen LogP) is 1.89. The average molecular weight is 310 g/mol. The fourth-order valence-corrected chi connectivity index (χ4v) is 2.20. The van der Waals surface area contributed by atoms with E-state index >= 15 is 0 Å². The largest absolute Gasteiger partial charge is 0.335 e. The molecule has 0 saturated carbocycles. The third-order valence-corrected chi connectivity index (χ3v) is 2.80. The number of nitrogens with one attached hydrogen (secondary N) is 1. The van der Waals surface area contributed by atoms with Crippen LogP contribution < -0.4 is 5.32 Å². The van der Waals surface area contributed by atoms with Crippen molar-refractivity contribution >= 4 is 30.7 Å². The summed E-state index contributed by atoms with van der Waals surface area (Å²) in [4.78, 5) is 17.6. The Morgan fingerprint density at radius 2 is 1.89 bits per heavy atom. The molecule has 0 spiro atoms. The van der Waals surface area contributed by atoms with Crippen molar-refractivity contribution in [2.24, 2.45) is 0 Å². The van der Waals surface area contributed by atoms with Crippen LogP contribution in [0.1, 0.15) is 24.2 Å². The minimum atomic E-state index is -0.480. The summed E-state index contributed by atoms with van der Waals surface area (Å²) in [5, 5.41) is 3.34. The van der Waals surface area contributed by atoms with Gasteiger partial charge in [-0.25, -0.2) is 4.39 Å². The summed E-state index contributed by atoms with van der Waals surface area (Å²) in [7, 11) is 0. The molecule has 108 valence electrons. The number of hydrogen-bond donors (Lipinski definition) is 1. The lowest BCUT2D eigenvalue weighted by atomic mass is 10.1. The van der Waals surface area contributed by atoms with Crippen molar-refractivity contribution in [1.29, 1.82) is 0 Å². The van der Waals surface area contributed by atoms with E-state index in [1.54, 1.807) is 4.90 Å². The van der Waals surface area contributed by atoms with Gasteiger partial charge >= 0.3 is 0 Å². The zero-order valence-electron chi connectivity index (χ0n) is 10.8. The number of carbonyl (C=O) groups excluding carboxylic acids is 1. The van der Waals surface area contributed by atoms with Crippen LogP contribution in [0.2, 0.25) is 0 Å². The fraction of sp³-hybridized carbons (Fsp3) is 0.500. The van der Waals surface area contributed by atoms with Crippen molar-refractivity contribution in [2.75, 3.05) is 13.1 Å². The maximum atomic E-state index is 13.0. The number of nitrogens with zero attached hydrogens (tertiary/aromatic N) is 2. The van der Waals surface area contributed by atoms with Gasteiger partial charge in [0.1, 0.15) is 5.82 Å². The van der Waals surface area contributed by atoms with Crippen LogP contribution in [0.3, 0.4) is 0 Å². The molecule has 0 radical (unpaired) electrons. The molecule has 0 aromatic carbocycles. The maximum absolute atomic E-state index is 13.0. The number of hydrogen-bond acceptors (Lipinski definition) is 3. The Hall–Kier alpha value is -0.910. The Kier molecular flexibility index (Phi) is 7.26. The third kappa shape index (κ3) is 4.60. The zero-order chi connectivity index (χ0) is 12.4. The van der Waals surface area contributed by atoms with Crippen molar-refractivity contribution < 1.29 is 9.18 Å². The molecule has 1 saturated heterocycles. The smallest absolute Gasteiger partial charge is 0.255 e. The lowest BCUT2D eigenvalue weighted by Crippen LogP contribution is -2.55. The van der Waals surface area contributed by atoms with Gasteiger partial charge in [-0.2, -0.15) is 0 Å². The molecule has 2 atom stereocenters. The first-order chi connectivity index (χ1) is 8.06. The van der Waals surface area contributed by atoms with Gasteiger partial charge in [-0.15, -0.1) is 24.8 Å². The van der Waals surface area contributed by atoms with Crippen molar-refractivity contribution in [1.82, 2.24) is 15.2 Å². The van der Waals surface area contributed by atoms with E-state index in [1.807, 2.05) is 13.8 Å². The maximum Gasteiger partial charge on any atom is 0.255 e. The molecule has 1 aliphatic heterocycles. The van der Waals surface area contributed by atoms with Crippen LogP contribution in [0.5, 0.6) is 0 Å². The van der Waals surface area contributed by atoms with Crippen molar-refractivity contribution in [3.05, 3.63) is 29.8 Å². The number of rotatable bonds is 1. The Labute approximate surface area is 124 Å². The molecule has 1 fully saturated rings. The highest BCUT2D eigenvalue weighted by Crippen LogP contribution is 2.10. The van der Waals surface area contributed by atoms with E-state index < -0.39 is 5.82 Å². The third-order valence-electron chi connectivity index (χ3n) is 2.80. The molecule has 4 nitrogen and oxygen atoms in total. The normalized spacial score (nSPS) is 22.2.